The molecule has 3 heteroatoms. The summed E-state index contributed by atoms with van der Waals surface area (Å²) >= 11 is 0. The van der Waals surface area contributed by atoms with Crippen molar-refractivity contribution >= 4 is 5.69 Å². The molecule has 0 aromatic heterocycles. The summed E-state index contributed by atoms with van der Waals surface area (Å²) in [7, 11) is 0. The Hall–Kier alpha value is -2.94. The van der Waals surface area contributed by atoms with Crippen molar-refractivity contribution in [3.8, 4) is 11.5 Å². The zero-order valence-corrected chi connectivity index (χ0v) is 20.4. The molecule has 0 radical (unpaired) electrons. The predicted molar refractivity (Wildman–Crippen MR) is 135 cm³/mol. The van der Waals surface area contributed by atoms with Crippen molar-refractivity contribution in [1.82, 2.24) is 0 Å². The highest BCUT2D eigenvalue weighted by atomic mass is 16.5. The molecule has 1 N–H and O–H groups in total. The molecule has 0 bridgehead atoms. The maximum absolute atomic E-state index is 6.18. The maximum atomic E-state index is 6.18. The second-order valence-electron chi connectivity index (χ2n) is 10.3. The third-order valence-electron chi connectivity index (χ3n) is 5.44. The molecule has 3 rings (SSSR count). The van der Waals surface area contributed by atoms with Gasteiger partial charge in [0.2, 0.25) is 0 Å². The summed E-state index contributed by atoms with van der Waals surface area (Å²) in [5.41, 5.74) is 4.96. The van der Waals surface area contributed by atoms with E-state index in [0.29, 0.717) is 13.2 Å². The highest BCUT2D eigenvalue weighted by Gasteiger charge is 2.23. The van der Waals surface area contributed by atoms with Crippen molar-refractivity contribution in [2.45, 2.75) is 59.0 Å². The van der Waals surface area contributed by atoms with Crippen LogP contribution in [-0.4, -0.2) is 13.2 Å². The first-order valence-electron chi connectivity index (χ1n) is 11.4. The Labute approximate surface area is 193 Å². The quantitative estimate of drug-likeness (QED) is 0.378. The Morgan fingerprint density at radius 2 is 1.41 bits per heavy atom. The first kappa shape index (κ1) is 23.7. The lowest BCUT2D eigenvalue weighted by Gasteiger charge is -2.27. The summed E-state index contributed by atoms with van der Waals surface area (Å²) in [4.78, 5) is 0. The third kappa shape index (κ3) is 6.78. The van der Waals surface area contributed by atoms with Gasteiger partial charge in [-0.1, -0.05) is 84.0 Å². The van der Waals surface area contributed by atoms with E-state index in [-0.39, 0.29) is 10.8 Å². The van der Waals surface area contributed by atoms with Crippen molar-refractivity contribution in [2.75, 3.05) is 18.5 Å². The molecule has 3 aromatic carbocycles. The molecule has 32 heavy (non-hydrogen) atoms. The minimum atomic E-state index is 0.0274. The van der Waals surface area contributed by atoms with Gasteiger partial charge >= 0.3 is 0 Å². The second-order valence-corrected chi connectivity index (χ2v) is 10.3. The van der Waals surface area contributed by atoms with E-state index in [1.54, 1.807) is 0 Å². The van der Waals surface area contributed by atoms with E-state index in [2.05, 4.69) is 77.2 Å². The number of anilines is 1. The number of nitrogens with one attached hydrogen (secondary N) is 1. The molecule has 0 atom stereocenters. The molecule has 0 saturated carbocycles. The Morgan fingerprint density at radius 1 is 0.719 bits per heavy atom. The number of hydrogen-bond donors (Lipinski definition) is 1. The van der Waals surface area contributed by atoms with Crippen molar-refractivity contribution < 1.29 is 9.47 Å². The summed E-state index contributed by atoms with van der Waals surface area (Å²) in [6, 6.07) is 24.9. The smallest absolute Gasteiger partial charge is 0.123 e. The van der Waals surface area contributed by atoms with Gasteiger partial charge in [0.25, 0.3) is 0 Å². The van der Waals surface area contributed by atoms with Crippen LogP contribution < -0.4 is 14.8 Å². The molecular weight excluding hydrogens is 394 g/mol. The Kier molecular flexibility index (Phi) is 7.50. The van der Waals surface area contributed by atoms with Gasteiger partial charge in [-0.05, 0) is 57.9 Å². The van der Waals surface area contributed by atoms with Gasteiger partial charge in [0.15, 0.2) is 0 Å². The van der Waals surface area contributed by atoms with Gasteiger partial charge in [-0.2, -0.15) is 0 Å². The molecule has 0 spiro atoms. The molecule has 3 nitrogen and oxygen atoms in total. The molecule has 0 aliphatic heterocycles. The Bertz CT molecular complexity index is 980. The molecule has 0 fully saturated rings. The molecule has 0 aliphatic carbocycles. The highest BCUT2D eigenvalue weighted by molar-refractivity contribution is 5.47. The monoisotopic (exact) mass is 431 g/mol. The zero-order chi connectivity index (χ0) is 23.2. The number of benzene rings is 3. The fourth-order valence-corrected chi connectivity index (χ4v) is 3.47. The van der Waals surface area contributed by atoms with E-state index >= 15 is 0 Å². The van der Waals surface area contributed by atoms with E-state index in [9.17, 15) is 0 Å². The van der Waals surface area contributed by atoms with Gasteiger partial charge < -0.3 is 14.8 Å². The first-order valence-corrected chi connectivity index (χ1v) is 11.4. The second kappa shape index (κ2) is 10.1. The fraction of sp³-hybridized carbons (Fsp3) is 0.379. The highest BCUT2D eigenvalue weighted by Crippen LogP contribution is 2.35. The Morgan fingerprint density at radius 3 is 2.03 bits per heavy atom. The van der Waals surface area contributed by atoms with Crippen LogP contribution in [0.25, 0.3) is 0 Å². The molecule has 3 aromatic rings. The van der Waals surface area contributed by atoms with E-state index < -0.39 is 0 Å². The summed E-state index contributed by atoms with van der Waals surface area (Å²) in [6.07, 6.45) is 0. The normalized spacial score (nSPS) is 11.8. The fourth-order valence-electron chi connectivity index (χ4n) is 3.47. The average Bonchev–Trinajstić information content (AvgIpc) is 2.75. The Balaban J connectivity index is 1.51. The van der Waals surface area contributed by atoms with Gasteiger partial charge in [0.05, 0.1) is 0 Å². The van der Waals surface area contributed by atoms with E-state index in [4.69, 9.17) is 9.47 Å². The van der Waals surface area contributed by atoms with Gasteiger partial charge in [-0.15, -0.1) is 0 Å². The molecule has 0 saturated heterocycles. The summed E-state index contributed by atoms with van der Waals surface area (Å²) < 4.78 is 12.0. The largest absolute Gasteiger partial charge is 0.491 e. The van der Waals surface area contributed by atoms with Gasteiger partial charge in [-0.25, -0.2) is 0 Å². The van der Waals surface area contributed by atoms with Crippen molar-refractivity contribution in [3.05, 3.63) is 89.5 Å². The summed E-state index contributed by atoms with van der Waals surface area (Å²) in [6.45, 7) is 15.4. The van der Waals surface area contributed by atoms with Gasteiger partial charge in [0, 0.05) is 12.2 Å². The molecule has 170 valence electrons. The lowest BCUT2D eigenvalue weighted by atomic mass is 9.80. The summed E-state index contributed by atoms with van der Waals surface area (Å²) in [5, 5.41) is 3.43. The average molecular weight is 432 g/mol. The summed E-state index contributed by atoms with van der Waals surface area (Å²) in [5.74, 6) is 1.83. The predicted octanol–water partition coefficient (Wildman–Crippen LogP) is 7.35. The zero-order valence-electron chi connectivity index (χ0n) is 20.4. The van der Waals surface area contributed by atoms with Crippen LogP contribution >= 0.6 is 0 Å². The van der Waals surface area contributed by atoms with Crippen LogP contribution in [-0.2, 0) is 17.4 Å². The molecule has 0 heterocycles. The van der Waals surface area contributed by atoms with Crippen LogP contribution in [0, 0.1) is 0 Å². The van der Waals surface area contributed by atoms with Crippen LogP contribution in [0.2, 0.25) is 0 Å². The van der Waals surface area contributed by atoms with Crippen LogP contribution in [0.3, 0.4) is 0 Å². The number of hydrogen-bond acceptors (Lipinski definition) is 3. The maximum Gasteiger partial charge on any atom is 0.123 e. The minimum absolute atomic E-state index is 0.0274. The number of rotatable bonds is 8. The first-order chi connectivity index (χ1) is 15.1. The van der Waals surface area contributed by atoms with Crippen LogP contribution in [0.5, 0.6) is 11.5 Å². The van der Waals surface area contributed by atoms with Crippen molar-refractivity contribution in [2.24, 2.45) is 0 Å². The number of ether oxygens (including phenoxy) is 2. The van der Waals surface area contributed by atoms with Crippen molar-refractivity contribution in [3.63, 3.8) is 0 Å². The van der Waals surface area contributed by atoms with E-state index in [1.165, 1.54) is 11.1 Å². The standard InChI is InChI=1S/C29H37NO2/c1-28(2,3)23-12-17-27(26(20-23)29(4,5)6)31-19-18-30-24-13-15-25(16-14-24)32-21-22-10-8-7-9-11-22/h7-17,20,30H,18-19,21H2,1-6H3. The minimum Gasteiger partial charge on any atom is -0.491 e. The van der Waals surface area contributed by atoms with Crippen LogP contribution in [0.1, 0.15) is 58.2 Å². The van der Waals surface area contributed by atoms with Crippen LogP contribution in [0.15, 0.2) is 72.8 Å². The lowest BCUT2D eigenvalue weighted by Crippen LogP contribution is -2.19. The lowest BCUT2D eigenvalue weighted by molar-refractivity contribution is 0.306. The topological polar surface area (TPSA) is 30.5 Å². The van der Waals surface area contributed by atoms with Gasteiger partial charge in [0.1, 0.15) is 24.7 Å². The SMILES string of the molecule is CC(C)(C)c1ccc(OCCNc2ccc(OCc3ccccc3)cc2)c(C(C)(C)C)c1. The molecule has 0 amide bonds. The molecular formula is C29H37NO2. The van der Waals surface area contributed by atoms with E-state index in [1.807, 2.05) is 42.5 Å². The van der Waals surface area contributed by atoms with Crippen LogP contribution in [0.4, 0.5) is 5.69 Å². The van der Waals surface area contributed by atoms with Gasteiger partial charge in [-0.3, -0.25) is 0 Å². The van der Waals surface area contributed by atoms with Crippen molar-refractivity contribution in [1.29, 1.82) is 0 Å². The molecule has 0 aliphatic rings. The third-order valence-corrected chi connectivity index (χ3v) is 5.44. The van der Waals surface area contributed by atoms with E-state index in [0.717, 1.165) is 29.3 Å². The molecule has 0 unspecified atom stereocenters.